The molecule has 0 aromatic carbocycles. The summed E-state index contributed by atoms with van der Waals surface area (Å²) in [5.41, 5.74) is 7.67. The Labute approximate surface area is 111 Å². The van der Waals surface area contributed by atoms with Crippen molar-refractivity contribution in [3.63, 3.8) is 0 Å². The Bertz CT molecular complexity index is 374. The van der Waals surface area contributed by atoms with Crippen molar-refractivity contribution in [3.05, 3.63) is 16.9 Å². The second-order valence-electron chi connectivity index (χ2n) is 5.10. The number of pyridine rings is 1. The first-order valence-electron chi connectivity index (χ1n) is 6.25. The van der Waals surface area contributed by atoms with Gasteiger partial charge in [-0.05, 0) is 34.2 Å². The van der Waals surface area contributed by atoms with Crippen LogP contribution in [0.4, 0.5) is 11.4 Å². The number of nitrogen functional groups attached to an aromatic ring is 1. The van der Waals surface area contributed by atoms with Gasteiger partial charge in [-0.3, -0.25) is 4.98 Å². The van der Waals surface area contributed by atoms with Gasteiger partial charge in [-0.25, -0.2) is 0 Å². The molecule has 3 N–H and O–H groups in total. The van der Waals surface area contributed by atoms with Gasteiger partial charge in [0, 0.05) is 12.2 Å². The average Bonchev–Trinajstić information content (AvgIpc) is 2.29. The normalized spacial score (nSPS) is 29.0. The molecule has 17 heavy (non-hydrogen) atoms. The van der Waals surface area contributed by atoms with Crippen LogP contribution in [0.25, 0.3) is 0 Å². The largest absolute Gasteiger partial charge is 0.396 e. The molecule has 1 aromatic heterocycles. The molecule has 4 heteroatoms. The minimum Gasteiger partial charge on any atom is -0.396 e. The van der Waals surface area contributed by atoms with Crippen molar-refractivity contribution >= 4 is 27.3 Å². The molecule has 3 unspecified atom stereocenters. The van der Waals surface area contributed by atoms with E-state index in [1.807, 2.05) is 0 Å². The minimum absolute atomic E-state index is 0.514. The van der Waals surface area contributed by atoms with E-state index in [1.165, 1.54) is 19.3 Å². The first-order chi connectivity index (χ1) is 8.09. The fourth-order valence-electron chi connectivity index (χ4n) is 2.57. The van der Waals surface area contributed by atoms with Crippen molar-refractivity contribution in [3.8, 4) is 0 Å². The number of hydrogen-bond acceptors (Lipinski definition) is 3. The summed E-state index contributed by atoms with van der Waals surface area (Å²) in [7, 11) is 0. The standard InChI is InChI=1S/C13H20BrN3/c1-8-4-3-5-12(9(8)2)17-13-10(14)6-16-7-11(13)15/h6-9,12H,3-5,15H2,1-2H3,(H,16,17). The highest BCUT2D eigenvalue weighted by molar-refractivity contribution is 9.10. The topological polar surface area (TPSA) is 50.9 Å². The molecular formula is C13H20BrN3. The van der Waals surface area contributed by atoms with E-state index in [9.17, 15) is 0 Å². The number of anilines is 2. The van der Waals surface area contributed by atoms with E-state index in [2.05, 4.69) is 40.1 Å². The zero-order chi connectivity index (χ0) is 12.4. The van der Waals surface area contributed by atoms with Gasteiger partial charge >= 0.3 is 0 Å². The smallest absolute Gasteiger partial charge is 0.0752 e. The number of rotatable bonds is 2. The average molecular weight is 298 g/mol. The Morgan fingerprint density at radius 2 is 2.12 bits per heavy atom. The molecule has 94 valence electrons. The molecule has 0 bridgehead atoms. The third-order valence-corrected chi connectivity index (χ3v) is 4.57. The lowest BCUT2D eigenvalue weighted by Gasteiger charge is -2.35. The maximum Gasteiger partial charge on any atom is 0.0752 e. The van der Waals surface area contributed by atoms with Crippen LogP contribution >= 0.6 is 15.9 Å². The van der Waals surface area contributed by atoms with Crippen molar-refractivity contribution in [2.75, 3.05) is 11.1 Å². The second kappa shape index (κ2) is 5.25. The van der Waals surface area contributed by atoms with Crippen molar-refractivity contribution in [2.24, 2.45) is 11.8 Å². The molecule has 1 aromatic rings. The summed E-state index contributed by atoms with van der Waals surface area (Å²) >= 11 is 3.50. The van der Waals surface area contributed by atoms with Gasteiger partial charge in [0.05, 0.1) is 22.0 Å². The molecule has 0 aliphatic heterocycles. The van der Waals surface area contributed by atoms with E-state index in [-0.39, 0.29) is 0 Å². The molecule has 3 atom stereocenters. The summed E-state index contributed by atoms with van der Waals surface area (Å²) in [6.07, 6.45) is 7.34. The van der Waals surface area contributed by atoms with Crippen LogP contribution in [0.3, 0.4) is 0 Å². The van der Waals surface area contributed by atoms with Crippen molar-refractivity contribution in [1.29, 1.82) is 0 Å². The first-order valence-corrected chi connectivity index (χ1v) is 7.04. The molecule has 3 nitrogen and oxygen atoms in total. The summed E-state index contributed by atoms with van der Waals surface area (Å²) < 4.78 is 0.947. The van der Waals surface area contributed by atoms with Crippen molar-refractivity contribution in [1.82, 2.24) is 4.98 Å². The number of halogens is 1. The highest BCUT2D eigenvalue weighted by Gasteiger charge is 2.27. The van der Waals surface area contributed by atoms with E-state index in [0.29, 0.717) is 17.6 Å². The van der Waals surface area contributed by atoms with E-state index in [4.69, 9.17) is 5.73 Å². The summed E-state index contributed by atoms with van der Waals surface area (Å²) in [6.45, 7) is 4.66. The Morgan fingerprint density at radius 3 is 2.82 bits per heavy atom. The van der Waals surface area contributed by atoms with Gasteiger partial charge in [-0.2, -0.15) is 0 Å². The summed E-state index contributed by atoms with van der Waals surface area (Å²) in [4.78, 5) is 4.06. The number of hydrogen-bond donors (Lipinski definition) is 2. The summed E-state index contributed by atoms with van der Waals surface area (Å²) in [5, 5.41) is 3.59. The number of aromatic nitrogens is 1. The predicted molar refractivity (Wildman–Crippen MR) is 75.9 cm³/mol. The molecule has 1 fully saturated rings. The lowest BCUT2D eigenvalue weighted by atomic mass is 9.78. The van der Waals surface area contributed by atoms with Crippen LogP contribution in [0, 0.1) is 11.8 Å². The zero-order valence-electron chi connectivity index (χ0n) is 10.4. The highest BCUT2D eigenvalue weighted by atomic mass is 79.9. The van der Waals surface area contributed by atoms with Gasteiger partial charge in [0.2, 0.25) is 0 Å². The molecule has 0 saturated heterocycles. The molecule has 0 amide bonds. The molecule has 2 rings (SSSR count). The van der Waals surface area contributed by atoms with Gasteiger partial charge < -0.3 is 11.1 Å². The first kappa shape index (κ1) is 12.7. The quantitative estimate of drug-likeness (QED) is 0.876. The van der Waals surface area contributed by atoms with Crippen LogP contribution in [0.15, 0.2) is 16.9 Å². The summed E-state index contributed by atoms with van der Waals surface area (Å²) in [6, 6.07) is 0.514. The van der Waals surface area contributed by atoms with E-state index >= 15 is 0 Å². The van der Waals surface area contributed by atoms with Crippen LogP contribution in [0.1, 0.15) is 33.1 Å². The van der Waals surface area contributed by atoms with E-state index < -0.39 is 0 Å². The predicted octanol–water partition coefficient (Wildman–Crippen LogP) is 3.66. The molecule has 1 aliphatic carbocycles. The van der Waals surface area contributed by atoms with Crippen molar-refractivity contribution in [2.45, 2.75) is 39.2 Å². The minimum atomic E-state index is 0.514. The lowest BCUT2D eigenvalue weighted by Crippen LogP contribution is -2.35. The second-order valence-corrected chi connectivity index (χ2v) is 5.96. The third kappa shape index (κ3) is 2.73. The lowest BCUT2D eigenvalue weighted by molar-refractivity contribution is 0.253. The Hall–Kier alpha value is -0.770. The Balaban J connectivity index is 2.15. The highest BCUT2D eigenvalue weighted by Crippen LogP contribution is 2.35. The van der Waals surface area contributed by atoms with Gasteiger partial charge in [0.15, 0.2) is 0 Å². The number of nitrogens with two attached hydrogens (primary N) is 1. The van der Waals surface area contributed by atoms with E-state index in [0.717, 1.165) is 16.1 Å². The Kier molecular flexibility index (Phi) is 3.92. The number of nitrogens with one attached hydrogen (secondary N) is 1. The molecule has 1 heterocycles. The van der Waals surface area contributed by atoms with Crippen LogP contribution in [-0.2, 0) is 0 Å². The van der Waals surface area contributed by atoms with Crippen LogP contribution in [0.5, 0.6) is 0 Å². The van der Waals surface area contributed by atoms with Crippen LogP contribution < -0.4 is 11.1 Å². The van der Waals surface area contributed by atoms with Gasteiger partial charge in [-0.1, -0.05) is 26.7 Å². The maximum atomic E-state index is 5.96. The molecular weight excluding hydrogens is 278 g/mol. The maximum absolute atomic E-state index is 5.96. The van der Waals surface area contributed by atoms with E-state index in [1.54, 1.807) is 12.4 Å². The van der Waals surface area contributed by atoms with Gasteiger partial charge in [-0.15, -0.1) is 0 Å². The fourth-order valence-corrected chi connectivity index (χ4v) is 3.03. The van der Waals surface area contributed by atoms with Gasteiger partial charge in [0.25, 0.3) is 0 Å². The summed E-state index contributed by atoms with van der Waals surface area (Å²) in [5.74, 6) is 1.46. The molecule has 0 spiro atoms. The molecule has 1 saturated carbocycles. The third-order valence-electron chi connectivity index (χ3n) is 3.97. The fraction of sp³-hybridized carbons (Fsp3) is 0.615. The Morgan fingerprint density at radius 1 is 1.35 bits per heavy atom. The van der Waals surface area contributed by atoms with Crippen LogP contribution in [0.2, 0.25) is 0 Å². The molecule has 0 radical (unpaired) electrons. The number of nitrogens with zero attached hydrogens (tertiary/aromatic N) is 1. The SMILES string of the molecule is CC1CCCC(Nc2c(N)cncc2Br)C1C. The zero-order valence-corrected chi connectivity index (χ0v) is 12.0. The van der Waals surface area contributed by atoms with Crippen LogP contribution in [-0.4, -0.2) is 11.0 Å². The van der Waals surface area contributed by atoms with Gasteiger partial charge in [0.1, 0.15) is 0 Å². The monoisotopic (exact) mass is 297 g/mol. The molecule has 1 aliphatic rings. The van der Waals surface area contributed by atoms with Crippen molar-refractivity contribution < 1.29 is 0 Å².